The summed E-state index contributed by atoms with van der Waals surface area (Å²) in [5.41, 5.74) is 7.37. The minimum atomic E-state index is 0.0558. The lowest BCUT2D eigenvalue weighted by atomic mass is 10.0. The molecule has 1 unspecified atom stereocenters. The predicted molar refractivity (Wildman–Crippen MR) is 93.6 cm³/mol. The third-order valence-electron chi connectivity index (χ3n) is 4.33. The molecule has 23 heavy (non-hydrogen) atoms. The summed E-state index contributed by atoms with van der Waals surface area (Å²) in [6.45, 7) is 1.37. The number of likely N-dealkylation sites (tertiary alicyclic amines) is 1. The molecule has 5 heteroatoms. The molecule has 1 aromatic heterocycles. The topological polar surface area (TPSA) is 59.2 Å². The van der Waals surface area contributed by atoms with Crippen LogP contribution >= 0.6 is 11.3 Å². The largest absolute Gasteiger partial charge is 0.330 e. The number of rotatable bonds is 4. The fourth-order valence-corrected chi connectivity index (χ4v) is 3.96. The Labute approximate surface area is 141 Å². The summed E-state index contributed by atoms with van der Waals surface area (Å²) in [5.74, 6) is 0.0558. The molecule has 2 aromatic rings. The number of amides is 1. The average Bonchev–Trinajstić information content (AvgIpc) is 2.91. The zero-order valence-corrected chi connectivity index (χ0v) is 14.1. The quantitative estimate of drug-likeness (QED) is 0.935. The molecular formula is C18H23N3OS. The second kappa shape index (κ2) is 7.70. The van der Waals surface area contributed by atoms with Gasteiger partial charge in [0.25, 0.3) is 5.91 Å². The molecule has 1 amide bonds. The van der Waals surface area contributed by atoms with Crippen LogP contribution in [0, 0.1) is 0 Å². The monoisotopic (exact) mass is 329 g/mol. The van der Waals surface area contributed by atoms with E-state index in [0.29, 0.717) is 12.2 Å². The molecule has 3 rings (SSSR count). The van der Waals surface area contributed by atoms with Crippen LogP contribution in [0.3, 0.4) is 0 Å². The van der Waals surface area contributed by atoms with Crippen molar-refractivity contribution in [1.29, 1.82) is 0 Å². The molecule has 1 atom stereocenters. The van der Waals surface area contributed by atoms with E-state index in [0.717, 1.165) is 30.8 Å². The van der Waals surface area contributed by atoms with E-state index in [9.17, 15) is 4.79 Å². The van der Waals surface area contributed by atoms with E-state index in [1.165, 1.54) is 29.7 Å². The second-order valence-electron chi connectivity index (χ2n) is 5.94. The number of hydrogen-bond donors (Lipinski definition) is 1. The van der Waals surface area contributed by atoms with Gasteiger partial charge in [-0.15, -0.1) is 11.3 Å². The second-order valence-corrected chi connectivity index (χ2v) is 6.88. The van der Waals surface area contributed by atoms with E-state index in [1.807, 2.05) is 28.5 Å². The molecule has 0 spiro atoms. The molecule has 122 valence electrons. The first-order valence-electron chi connectivity index (χ1n) is 8.30. The van der Waals surface area contributed by atoms with Crippen molar-refractivity contribution in [2.45, 2.75) is 38.1 Å². The predicted octanol–water partition coefficient (Wildman–Crippen LogP) is 3.40. The Morgan fingerprint density at radius 2 is 2.09 bits per heavy atom. The van der Waals surface area contributed by atoms with Crippen LogP contribution in [0.1, 0.15) is 52.8 Å². The Morgan fingerprint density at radius 1 is 1.26 bits per heavy atom. The Bertz CT molecular complexity index is 641. The van der Waals surface area contributed by atoms with Gasteiger partial charge in [0, 0.05) is 18.3 Å². The number of carbonyl (C=O) groups is 1. The van der Waals surface area contributed by atoms with Crippen LogP contribution in [-0.2, 0) is 6.42 Å². The van der Waals surface area contributed by atoms with Crippen molar-refractivity contribution >= 4 is 17.2 Å². The molecule has 0 aliphatic carbocycles. The van der Waals surface area contributed by atoms with Crippen LogP contribution in [0.15, 0.2) is 35.7 Å². The van der Waals surface area contributed by atoms with Crippen molar-refractivity contribution in [3.05, 3.63) is 52.0 Å². The lowest BCUT2D eigenvalue weighted by Gasteiger charge is -2.30. The van der Waals surface area contributed by atoms with Crippen LogP contribution in [0.2, 0.25) is 0 Å². The molecule has 4 nitrogen and oxygen atoms in total. The molecule has 2 N–H and O–H groups in total. The Kier molecular flexibility index (Phi) is 5.41. The first-order valence-corrected chi connectivity index (χ1v) is 9.18. The molecule has 1 aromatic carbocycles. The van der Waals surface area contributed by atoms with Gasteiger partial charge >= 0.3 is 0 Å². The SMILES string of the molecule is NCCc1nc(C(=O)N2CCCCCC2c2ccccc2)cs1. The zero-order valence-electron chi connectivity index (χ0n) is 13.3. The van der Waals surface area contributed by atoms with Crippen LogP contribution in [0.5, 0.6) is 0 Å². The van der Waals surface area contributed by atoms with Crippen molar-refractivity contribution in [3.8, 4) is 0 Å². The summed E-state index contributed by atoms with van der Waals surface area (Å²) in [6.07, 6.45) is 5.17. The highest BCUT2D eigenvalue weighted by Crippen LogP contribution is 2.31. The third-order valence-corrected chi connectivity index (χ3v) is 5.24. The summed E-state index contributed by atoms with van der Waals surface area (Å²) in [5, 5.41) is 2.82. The number of aromatic nitrogens is 1. The fraction of sp³-hybridized carbons (Fsp3) is 0.444. The van der Waals surface area contributed by atoms with Crippen molar-refractivity contribution in [1.82, 2.24) is 9.88 Å². The van der Waals surface area contributed by atoms with Gasteiger partial charge < -0.3 is 10.6 Å². The highest BCUT2D eigenvalue weighted by Gasteiger charge is 2.28. The minimum Gasteiger partial charge on any atom is -0.330 e. The maximum Gasteiger partial charge on any atom is 0.273 e. The van der Waals surface area contributed by atoms with Crippen molar-refractivity contribution in [2.24, 2.45) is 5.73 Å². The van der Waals surface area contributed by atoms with Gasteiger partial charge in [0.05, 0.1) is 11.0 Å². The maximum atomic E-state index is 13.0. The number of benzene rings is 1. The molecule has 0 radical (unpaired) electrons. The lowest BCUT2D eigenvalue weighted by Crippen LogP contribution is -2.35. The number of nitrogens with two attached hydrogens (primary N) is 1. The average molecular weight is 329 g/mol. The normalized spacial score (nSPS) is 18.7. The number of carbonyl (C=O) groups excluding carboxylic acids is 1. The molecular weight excluding hydrogens is 306 g/mol. The Hall–Kier alpha value is -1.72. The molecule has 1 aliphatic rings. The number of hydrogen-bond acceptors (Lipinski definition) is 4. The number of nitrogens with zero attached hydrogens (tertiary/aromatic N) is 2. The fourth-order valence-electron chi connectivity index (χ4n) is 3.17. The van der Waals surface area contributed by atoms with Gasteiger partial charge in [0.1, 0.15) is 5.69 Å². The smallest absolute Gasteiger partial charge is 0.273 e. The van der Waals surface area contributed by atoms with Crippen molar-refractivity contribution in [3.63, 3.8) is 0 Å². The highest BCUT2D eigenvalue weighted by atomic mass is 32.1. The van der Waals surface area contributed by atoms with Crippen molar-refractivity contribution < 1.29 is 4.79 Å². The Morgan fingerprint density at radius 3 is 2.87 bits per heavy atom. The van der Waals surface area contributed by atoms with E-state index in [1.54, 1.807) is 0 Å². The summed E-state index contributed by atoms with van der Waals surface area (Å²) in [4.78, 5) is 19.5. The van der Waals surface area contributed by atoms with Gasteiger partial charge in [-0.3, -0.25) is 4.79 Å². The zero-order chi connectivity index (χ0) is 16.1. The van der Waals surface area contributed by atoms with Crippen LogP contribution in [0.25, 0.3) is 0 Å². The first-order chi connectivity index (χ1) is 11.3. The van der Waals surface area contributed by atoms with E-state index in [-0.39, 0.29) is 11.9 Å². The van der Waals surface area contributed by atoms with Gasteiger partial charge in [0.15, 0.2) is 0 Å². The van der Waals surface area contributed by atoms with Gasteiger partial charge in [-0.05, 0) is 24.9 Å². The molecule has 0 saturated carbocycles. The molecule has 0 bridgehead atoms. The van der Waals surface area contributed by atoms with Crippen LogP contribution in [-0.4, -0.2) is 28.9 Å². The summed E-state index contributed by atoms with van der Waals surface area (Å²) in [7, 11) is 0. The summed E-state index contributed by atoms with van der Waals surface area (Å²) >= 11 is 1.53. The van der Waals surface area contributed by atoms with Gasteiger partial charge in [-0.2, -0.15) is 0 Å². The van der Waals surface area contributed by atoms with Gasteiger partial charge in [-0.1, -0.05) is 43.2 Å². The summed E-state index contributed by atoms with van der Waals surface area (Å²) in [6, 6.07) is 10.5. The van der Waals surface area contributed by atoms with Crippen LogP contribution in [0.4, 0.5) is 0 Å². The van der Waals surface area contributed by atoms with Gasteiger partial charge in [0.2, 0.25) is 0 Å². The maximum absolute atomic E-state index is 13.0. The minimum absolute atomic E-state index is 0.0558. The van der Waals surface area contributed by atoms with Crippen LogP contribution < -0.4 is 5.73 Å². The number of thiazole rings is 1. The molecule has 1 aliphatic heterocycles. The standard InChI is InChI=1S/C18H23N3OS/c19-11-10-17-20-15(13-23-17)18(22)21-12-6-2-5-9-16(21)14-7-3-1-4-8-14/h1,3-4,7-8,13,16H,2,5-6,9-12,19H2. The summed E-state index contributed by atoms with van der Waals surface area (Å²) < 4.78 is 0. The van der Waals surface area contributed by atoms with E-state index in [4.69, 9.17) is 5.73 Å². The molecule has 1 fully saturated rings. The molecule has 2 heterocycles. The molecule has 1 saturated heterocycles. The van der Waals surface area contributed by atoms with E-state index < -0.39 is 0 Å². The van der Waals surface area contributed by atoms with E-state index >= 15 is 0 Å². The van der Waals surface area contributed by atoms with Gasteiger partial charge in [-0.25, -0.2) is 4.98 Å². The van der Waals surface area contributed by atoms with Crippen molar-refractivity contribution in [2.75, 3.05) is 13.1 Å². The Balaban J connectivity index is 1.85. The first kappa shape index (κ1) is 16.1. The van der Waals surface area contributed by atoms with E-state index in [2.05, 4.69) is 17.1 Å². The highest BCUT2D eigenvalue weighted by molar-refractivity contribution is 7.09. The third kappa shape index (κ3) is 3.79. The lowest BCUT2D eigenvalue weighted by molar-refractivity contribution is 0.0675.